The van der Waals surface area contributed by atoms with Crippen LogP contribution in [0.2, 0.25) is 0 Å². The van der Waals surface area contributed by atoms with E-state index in [-0.39, 0.29) is 0 Å². The first-order valence-electron chi connectivity index (χ1n) is 6.96. The number of hydrogen-bond donors (Lipinski definition) is 0. The van der Waals surface area contributed by atoms with Gasteiger partial charge in [0.25, 0.3) is 0 Å². The number of amides is 1. The lowest BCUT2D eigenvalue weighted by molar-refractivity contribution is -0.127. The minimum atomic E-state index is 0.298. The summed E-state index contributed by atoms with van der Waals surface area (Å²) in [6, 6.07) is 8.18. The van der Waals surface area contributed by atoms with Crippen LogP contribution in [-0.2, 0) is 4.79 Å². The molecule has 1 fully saturated rings. The second-order valence-corrected chi connectivity index (χ2v) is 6.25. The van der Waals surface area contributed by atoms with Crippen LogP contribution in [-0.4, -0.2) is 36.3 Å². The van der Waals surface area contributed by atoms with E-state index in [1.54, 1.807) is 11.8 Å². The molecule has 1 unspecified atom stereocenters. The molecule has 1 atom stereocenters. The van der Waals surface area contributed by atoms with Crippen LogP contribution in [0.3, 0.4) is 0 Å². The van der Waals surface area contributed by atoms with Crippen LogP contribution in [0.15, 0.2) is 24.3 Å². The van der Waals surface area contributed by atoms with Gasteiger partial charge in [0.1, 0.15) is 5.75 Å². The van der Waals surface area contributed by atoms with Crippen molar-refractivity contribution in [3.05, 3.63) is 29.8 Å². The van der Waals surface area contributed by atoms with Gasteiger partial charge in [-0.25, -0.2) is 0 Å². The van der Waals surface area contributed by atoms with Gasteiger partial charge in [0.05, 0.1) is 12.4 Å². The zero-order chi connectivity index (χ0) is 13.1. The first kappa shape index (κ1) is 12.9. The Labute approximate surface area is 118 Å². The van der Waals surface area contributed by atoms with Crippen LogP contribution in [0.25, 0.3) is 0 Å². The molecular formula is C15H19NO2S. The van der Waals surface area contributed by atoms with Crippen molar-refractivity contribution in [1.29, 1.82) is 0 Å². The van der Waals surface area contributed by atoms with Crippen molar-refractivity contribution in [3.63, 3.8) is 0 Å². The normalized spacial score (nSPS) is 21.9. The third kappa shape index (κ3) is 2.89. The van der Waals surface area contributed by atoms with Gasteiger partial charge in [0.15, 0.2) is 0 Å². The van der Waals surface area contributed by atoms with E-state index in [0.717, 1.165) is 44.7 Å². The Morgan fingerprint density at radius 3 is 2.95 bits per heavy atom. The Morgan fingerprint density at radius 1 is 1.32 bits per heavy atom. The summed E-state index contributed by atoms with van der Waals surface area (Å²) >= 11 is 1.76. The summed E-state index contributed by atoms with van der Waals surface area (Å²) in [6.07, 6.45) is 3.32. The number of hydrogen-bond acceptors (Lipinski definition) is 3. The van der Waals surface area contributed by atoms with E-state index in [1.807, 2.05) is 23.1 Å². The fourth-order valence-corrected chi connectivity index (χ4v) is 3.88. The molecule has 0 aromatic heterocycles. The molecule has 2 aliphatic heterocycles. The zero-order valence-corrected chi connectivity index (χ0v) is 11.8. The largest absolute Gasteiger partial charge is 0.493 e. The van der Waals surface area contributed by atoms with E-state index in [1.165, 1.54) is 5.56 Å². The molecule has 0 N–H and O–H groups in total. The number of carbonyl (C=O) groups excluding carboxylic acids is 1. The maximum absolute atomic E-state index is 12.1. The predicted molar refractivity (Wildman–Crippen MR) is 77.6 cm³/mol. The molecule has 0 bridgehead atoms. The summed E-state index contributed by atoms with van der Waals surface area (Å²) in [5.41, 5.74) is 1.24. The number of thioether (sulfide) groups is 1. The number of para-hydroxylation sites is 1. The van der Waals surface area contributed by atoms with Crippen LogP contribution >= 0.6 is 11.8 Å². The van der Waals surface area contributed by atoms with Gasteiger partial charge in [-0.15, -0.1) is 11.8 Å². The predicted octanol–water partition coefficient (Wildman–Crippen LogP) is 2.87. The highest BCUT2D eigenvalue weighted by Gasteiger charge is 2.24. The van der Waals surface area contributed by atoms with Gasteiger partial charge in [0.2, 0.25) is 5.91 Å². The molecule has 2 aliphatic rings. The van der Waals surface area contributed by atoms with Crippen LogP contribution in [0.4, 0.5) is 0 Å². The number of ether oxygens (including phenoxy) is 1. The highest BCUT2D eigenvalue weighted by atomic mass is 32.2. The number of likely N-dealkylation sites (tertiary alicyclic amines) is 1. The van der Waals surface area contributed by atoms with Gasteiger partial charge in [-0.1, -0.05) is 18.2 Å². The Morgan fingerprint density at radius 2 is 2.11 bits per heavy atom. The molecule has 0 spiro atoms. The number of benzene rings is 1. The molecule has 102 valence electrons. The van der Waals surface area contributed by atoms with Gasteiger partial charge in [0, 0.05) is 23.9 Å². The molecule has 1 saturated heterocycles. The zero-order valence-electron chi connectivity index (χ0n) is 11.0. The highest BCUT2D eigenvalue weighted by molar-refractivity contribution is 8.00. The molecular weight excluding hydrogens is 258 g/mol. The molecule has 2 heterocycles. The Hall–Kier alpha value is -1.16. The molecule has 1 aromatic carbocycles. The highest BCUT2D eigenvalue weighted by Crippen LogP contribution is 2.40. The average molecular weight is 277 g/mol. The van der Waals surface area contributed by atoms with E-state index >= 15 is 0 Å². The monoisotopic (exact) mass is 277 g/mol. The second kappa shape index (κ2) is 5.87. The van der Waals surface area contributed by atoms with Crippen molar-refractivity contribution >= 4 is 17.7 Å². The number of nitrogens with zero attached hydrogens (tertiary/aromatic N) is 1. The molecule has 0 radical (unpaired) electrons. The molecule has 1 aromatic rings. The molecule has 1 amide bonds. The van der Waals surface area contributed by atoms with E-state index in [4.69, 9.17) is 4.74 Å². The van der Waals surface area contributed by atoms with Gasteiger partial charge < -0.3 is 9.64 Å². The van der Waals surface area contributed by atoms with E-state index in [2.05, 4.69) is 6.07 Å². The van der Waals surface area contributed by atoms with Crippen LogP contribution in [0.5, 0.6) is 5.75 Å². The number of fused-ring (bicyclic) bond motifs is 1. The molecule has 0 saturated carbocycles. The fourth-order valence-electron chi connectivity index (χ4n) is 2.71. The van der Waals surface area contributed by atoms with Gasteiger partial charge in [-0.2, -0.15) is 0 Å². The van der Waals surface area contributed by atoms with E-state index in [0.29, 0.717) is 16.9 Å². The van der Waals surface area contributed by atoms with Crippen LogP contribution in [0, 0.1) is 0 Å². The standard InChI is InChI=1S/C15H19NO2S/c17-15(16-8-3-4-9-16)11-19-14-7-10-18-13-6-2-1-5-12(13)14/h1-2,5-6,14H,3-4,7-11H2. The minimum absolute atomic E-state index is 0.298. The lowest BCUT2D eigenvalue weighted by Gasteiger charge is -2.26. The lowest BCUT2D eigenvalue weighted by Crippen LogP contribution is -2.29. The topological polar surface area (TPSA) is 29.5 Å². The minimum Gasteiger partial charge on any atom is -0.493 e. The van der Waals surface area contributed by atoms with Gasteiger partial charge >= 0.3 is 0 Å². The summed E-state index contributed by atoms with van der Waals surface area (Å²) < 4.78 is 5.65. The lowest BCUT2D eigenvalue weighted by atomic mass is 10.1. The first-order chi connectivity index (χ1) is 9.34. The van der Waals surface area contributed by atoms with Gasteiger partial charge in [-0.3, -0.25) is 4.79 Å². The number of carbonyl (C=O) groups is 1. The quantitative estimate of drug-likeness (QED) is 0.851. The summed E-state index contributed by atoms with van der Waals surface area (Å²) in [7, 11) is 0. The van der Waals surface area contributed by atoms with Crippen LogP contribution in [0.1, 0.15) is 30.1 Å². The van der Waals surface area contributed by atoms with Crippen LogP contribution < -0.4 is 4.74 Å². The van der Waals surface area contributed by atoms with Crippen molar-refractivity contribution < 1.29 is 9.53 Å². The van der Waals surface area contributed by atoms with Crippen molar-refractivity contribution in [2.24, 2.45) is 0 Å². The third-order valence-electron chi connectivity index (χ3n) is 3.77. The SMILES string of the molecule is O=C(CSC1CCOc2ccccc21)N1CCCC1. The molecule has 19 heavy (non-hydrogen) atoms. The summed E-state index contributed by atoms with van der Waals surface area (Å²) in [5.74, 6) is 1.88. The summed E-state index contributed by atoms with van der Waals surface area (Å²) in [4.78, 5) is 14.1. The third-order valence-corrected chi connectivity index (χ3v) is 5.08. The molecule has 3 nitrogen and oxygen atoms in total. The maximum Gasteiger partial charge on any atom is 0.232 e. The summed E-state index contributed by atoms with van der Waals surface area (Å²) in [6.45, 7) is 2.65. The van der Waals surface area contributed by atoms with Crippen molar-refractivity contribution in [3.8, 4) is 5.75 Å². The van der Waals surface area contributed by atoms with E-state index in [9.17, 15) is 4.79 Å². The molecule has 3 rings (SSSR count). The fraction of sp³-hybridized carbons (Fsp3) is 0.533. The summed E-state index contributed by atoms with van der Waals surface area (Å²) in [5, 5.41) is 0.400. The van der Waals surface area contributed by atoms with Crippen molar-refractivity contribution in [2.45, 2.75) is 24.5 Å². The maximum atomic E-state index is 12.1. The average Bonchev–Trinajstić information content (AvgIpc) is 2.99. The number of rotatable bonds is 3. The molecule has 0 aliphatic carbocycles. The Bertz CT molecular complexity index is 457. The Kier molecular flexibility index (Phi) is 3.97. The smallest absolute Gasteiger partial charge is 0.232 e. The van der Waals surface area contributed by atoms with Crippen molar-refractivity contribution in [1.82, 2.24) is 4.90 Å². The van der Waals surface area contributed by atoms with Crippen molar-refractivity contribution in [2.75, 3.05) is 25.4 Å². The van der Waals surface area contributed by atoms with E-state index < -0.39 is 0 Å². The Balaban J connectivity index is 1.60. The molecule has 4 heteroatoms. The second-order valence-electron chi connectivity index (χ2n) is 5.06. The van der Waals surface area contributed by atoms with Gasteiger partial charge in [-0.05, 0) is 25.3 Å². The first-order valence-corrected chi connectivity index (χ1v) is 8.00.